The Kier molecular flexibility index (Phi) is 4.89. The Labute approximate surface area is 125 Å². The Morgan fingerprint density at radius 1 is 1.50 bits per heavy atom. The standard InChI is InChI=1S/C16H23NO2S/c1-2-7-18-11-14-3-4-15-16(14)19-8-6-17(15)10-13-5-9-20-12-13/h2,5,9,12,14-16H,1,3-4,6-8,10-11H2/t14-,15+,16+/m0/s1. The number of nitrogens with zero attached hydrogens (tertiary/aromatic N) is 1. The maximum absolute atomic E-state index is 6.05. The summed E-state index contributed by atoms with van der Waals surface area (Å²) in [6.45, 7) is 8.11. The van der Waals surface area contributed by atoms with Crippen molar-refractivity contribution in [3.05, 3.63) is 35.0 Å². The van der Waals surface area contributed by atoms with Crippen LogP contribution >= 0.6 is 11.3 Å². The molecule has 3 nitrogen and oxygen atoms in total. The number of fused-ring (bicyclic) bond motifs is 1. The van der Waals surface area contributed by atoms with E-state index in [0.29, 0.717) is 24.7 Å². The molecule has 1 saturated carbocycles. The van der Waals surface area contributed by atoms with Gasteiger partial charge in [0.15, 0.2) is 0 Å². The van der Waals surface area contributed by atoms with Crippen molar-refractivity contribution in [2.75, 3.05) is 26.4 Å². The summed E-state index contributed by atoms with van der Waals surface area (Å²) < 4.78 is 11.7. The minimum atomic E-state index is 0.354. The molecule has 0 spiro atoms. The van der Waals surface area contributed by atoms with Gasteiger partial charge in [0, 0.05) is 25.0 Å². The van der Waals surface area contributed by atoms with E-state index in [9.17, 15) is 0 Å². The van der Waals surface area contributed by atoms with Gasteiger partial charge in [0.05, 0.1) is 25.9 Å². The molecule has 2 heterocycles. The van der Waals surface area contributed by atoms with E-state index in [0.717, 1.165) is 26.3 Å². The molecule has 0 aromatic carbocycles. The number of rotatable bonds is 6. The van der Waals surface area contributed by atoms with Crippen molar-refractivity contribution < 1.29 is 9.47 Å². The molecule has 2 aliphatic rings. The van der Waals surface area contributed by atoms with Crippen molar-refractivity contribution in [2.45, 2.75) is 31.5 Å². The highest BCUT2D eigenvalue weighted by Crippen LogP contribution is 2.35. The zero-order valence-electron chi connectivity index (χ0n) is 11.9. The van der Waals surface area contributed by atoms with E-state index in [1.165, 1.54) is 18.4 Å². The van der Waals surface area contributed by atoms with Gasteiger partial charge in [-0.3, -0.25) is 4.90 Å². The third-order valence-electron chi connectivity index (χ3n) is 4.37. The minimum absolute atomic E-state index is 0.354. The normalized spacial score (nSPS) is 30.3. The van der Waals surface area contributed by atoms with Crippen LogP contribution in [0, 0.1) is 5.92 Å². The minimum Gasteiger partial charge on any atom is -0.377 e. The van der Waals surface area contributed by atoms with E-state index < -0.39 is 0 Å². The van der Waals surface area contributed by atoms with Gasteiger partial charge in [-0.05, 0) is 35.2 Å². The summed E-state index contributed by atoms with van der Waals surface area (Å²) >= 11 is 1.78. The molecule has 4 heteroatoms. The van der Waals surface area contributed by atoms with E-state index >= 15 is 0 Å². The number of hydrogen-bond acceptors (Lipinski definition) is 4. The molecule has 0 bridgehead atoms. The highest BCUT2D eigenvalue weighted by molar-refractivity contribution is 7.07. The summed E-state index contributed by atoms with van der Waals surface area (Å²) in [6.07, 6.45) is 4.62. The zero-order valence-corrected chi connectivity index (χ0v) is 12.7. The van der Waals surface area contributed by atoms with Crippen molar-refractivity contribution >= 4 is 11.3 Å². The van der Waals surface area contributed by atoms with Gasteiger partial charge in [-0.2, -0.15) is 11.3 Å². The molecule has 20 heavy (non-hydrogen) atoms. The van der Waals surface area contributed by atoms with Crippen LogP contribution in [0.4, 0.5) is 0 Å². The molecule has 1 aliphatic heterocycles. The molecule has 110 valence electrons. The molecule has 1 saturated heterocycles. The number of thiophene rings is 1. The highest BCUT2D eigenvalue weighted by atomic mass is 32.1. The van der Waals surface area contributed by atoms with Gasteiger partial charge in [-0.25, -0.2) is 0 Å². The summed E-state index contributed by atoms with van der Waals surface area (Å²) in [5.74, 6) is 0.547. The predicted molar refractivity (Wildman–Crippen MR) is 82.0 cm³/mol. The molecule has 0 amide bonds. The number of morpholine rings is 1. The lowest BCUT2D eigenvalue weighted by Crippen LogP contribution is -2.50. The number of ether oxygens (including phenoxy) is 2. The third kappa shape index (κ3) is 3.14. The van der Waals surface area contributed by atoms with Crippen LogP contribution in [0.5, 0.6) is 0 Å². The van der Waals surface area contributed by atoms with Crippen LogP contribution in [0.25, 0.3) is 0 Å². The van der Waals surface area contributed by atoms with E-state index in [2.05, 4.69) is 28.3 Å². The first kappa shape index (κ1) is 14.3. The SMILES string of the molecule is C=CCOC[C@@H]1CC[C@@H]2[C@@H]1OCCN2Cc1ccsc1. The van der Waals surface area contributed by atoms with Crippen LogP contribution in [-0.4, -0.2) is 43.4 Å². The molecule has 1 aromatic heterocycles. The molecular weight excluding hydrogens is 270 g/mol. The van der Waals surface area contributed by atoms with Gasteiger partial charge in [0.1, 0.15) is 0 Å². The Balaban J connectivity index is 1.58. The highest BCUT2D eigenvalue weighted by Gasteiger charge is 2.42. The van der Waals surface area contributed by atoms with Crippen molar-refractivity contribution in [3.8, 4) is 0 Å². The van der Waals surface area contributed by atoms with Crippen LogP contribution in [-0.2, 0) is 16.0 Å². The van der Waals surface area contributed by atoms with E-state index in [-0.39, 0.29) is 0 Å². The van der Waals surface area contributed by atoms with Crippen LogP contribution in [0.2, 0.25) is 0 Å². The smallest absolute Gasteiger partial charge is 0.0781 e. The molecule has 3 atom stereocenters. The van der Waals surface area contributed by atoms with Gasteiger partial charge in [0.25, 0.3) is 0 Å². The molecule has 0 N–H and O–H groups in total. The topological polar surface area (TPSA) is 21.7 Å². The lowest BCUT2D eigenvalue weighted by molar-refractivity contribution is -0.0868. The van der Waals surface area contributed by atoms with Crippen LogP contribution in [0.15, 0.2) is 29.5 Å². The van der Waals surface area contributed by atoms with Crippen LogP contribution < -0.4 is 0 Å². The molecule has 1 aromatic rings. The molecule has 2 fully saturated rings. The van der Waals surface area contributed by atoms with Gasteiger partial charge in [-0.1, -0.05) is 6.08 Å². The average molecular weight is 293 g/mol. The predicted octanol–water partition coefficient (Wildman–Crippen LogP) is 2.93. The van der Waals surface area contributed by atoms with Crippen LogP contribution in [0.3, 0.4) is 0 Å². The summed E-state index contributed by atoms with van der Waals surface area (Å²) in [5, 5.41) is 4.41. The van der Waals surface area contributed by atoms with Gasteiger partial charge >= 0.3 is 0 Å². The molecule has 0 radical (unpaired) electrons. The Morgan fingerprint density at radius 3 is 3.25 bits per heavy atom. The third-order valence-corrected chi connectivity index (χ3v) is 5.10. The molecule has 1 aliphatic carbocycles. The quantitative estimate of drug-likeness (QED) is 0.594. The second-order valence-corrected chi connectivity index (χ2v) is 6.45. The Hall–Kier alpha value is -0.680. The fraction of sp³-hybridized carbons (Fsp3) is 0.625. The fourth-order valence-electron chi connectivity index (χ4n) is 3.43. The number of hydrogen-bond donors (Lipinski definition) is 0. The van der Waals surface area contributed by atoms with Gasteiger partial charge < -0.3 is 9.47 Å². The Morgan fingerprint density at radius 2 is 2.45 bits per heavy atom. The largest absolute Gasteiger partial charge is 0.377 e. The van der Waals surface area contributed by atoms with E-state index in [1.54, 1.807) is 11.3 Å². The fourth-order valence-corrected chi connectivity index (χ4v) is 4.09. The maximum atomic E-state index is 6.05. The summed E-state index contributed by atoms with van der Waals surface area (Å²) in [4.78, 5) is 2.60. The lowest BCUT2D eigenvalue weighted by Gasteiger charge is -2.39. The van der Waals surface area contributed by atoms with Crippen LogP contribution in [0.1, 0.15) is 18.4 Å². The Bertz CT molecular complexity index is 420. The van der Waals surface area contributed by atoms with Gasteiger partial charge in [0.2, 0.25) is 0 Å². The van der Waals surface area contributed by atoms with Crippen molar-refractivity contribution in [3.63, 3.8) is 0 Å². The monoisotopic (exact) mass is 293 g/mol. The zero-order chi connectivity index (χ0) is 13.8. The second kappa shape index (κ2) is 6.85. The first-order chi connectivity index (χ1) is 9.88. The molecule has 3 rings (SSSR count). The summed E-state index contributed by atoms with van der Waals surface area (Å²) in [6, 6.07) is 2.80. The molecular formula is C16H23NO2S. The first-order valence-corrected chi connectivity index (χ1v) is 8.38. The van der Waals surface area contributed by atoms with Crippen molar-refractivity contribution in [1.29, 1.82) is 0 Å². The second-order valence-electron chi connectivity index (χ2n) is 5.67. The van der Waals surface area contributed by atoms with Crippen molar-refractivity contribution in [2.24, 2.45) is 5.92 Å². The molecule has 0 unspecified atom stereocenters. The van der Waals surface area contributed by atoms with Gasteiger partial charge in [-0.15, -0.1) is 6.58 Å². The maximum Gasteiger partial charge on any atom is 0.0781 e. The summed E-state index contributed by atoms with van der Waals surface area (Å²) in [7, 11) is 0. The van der Waals surface area contributed by atoms with E-state index in [1.807, 2.05) is 6.08 Å². The first-order valence-electron chi connectivity index (χ1n) is 7.44. The van der Waals surface area contributed by atoms with Crippen molar-refractivity contribution in [1.82, 2.24) is 4.90 Å². The van der Waals surface area contributed by atoms with E-state index in [4.69, 9.17) is 9.47 Å². The summed E-state index contributed by atoms with van der Waals surface area (Å²) in [5.41, 5.74) is 1.43. The lowest BCUT2D eigenvalue weighted by atomic mass is 10.0. The average Bonchev–Trinajstić information content (AvgIpc) is 3.10.